The largest absolute Gasteiger partial charge is 0.377 e. The Hall–Kier alpha value is -0.650. The van der Waals surface area contributed by atoms with Gasteiger partial charge in [-0.3, -0.25) is 4.79 Å². The highest BCUT2D eigenvalue weighted by molar-refractivity contribution is 5.78. The van der Waals surface area contributed by atoms with E-state index in [0.29, 0.717) is 19.8 Å². The summed E-state index contributed by atoms with van der Waals surface area (Å²) in [7, 11) is 0. The zero-order valence-electron chi connectivity index (χ0n) is 11.0. The van der Waals surface area contributed by atoms with Crippen LogP contribution >= 0.6 is 0 Å². The van der Waals surface area contributed by atoms with Gasteiger partial charge in [0, 0.05) is 19.7 Å². The third-order valence-corrected chi connectivity index (χ3v) is 3.54. The predicted molar refractivity (Wildman–Crippen MR) is 68.4 cm³/mol. The maximum absolute atomic E-state index is 11.8. The quantitative estimate of drug-likeness (QED) is 0.671. The van der Waals surface area contributed by atoms with Crippen LogP contribution in [0.2, 0.25) is 0 Å². The van der Waals surface area contributed by atoms with Crippen LogP contribution < -0.4 is 10.6 Å². The second kappa shape index (κ2) is 7.71. The molecule has 5 heteroatoms. The van der Waals surface area contributed by atoms with Crippen LogP contribution in [-0.4, -0.2) is 51.5 Å². The number of hydrogen-bond donors (Lipinski definition) is 2. The topological polar surface area (TPSA) is 59.6 Å². The fourth-order valence-electron chi connectivity index (χ4n) is 2.46. The summed E-state index contributed by atoms with van der Waals surface area (Å²) < 4.78 is 11.0. The first-order valence-electron chi connectivity index (χ1n) is 7.04. The minimum absolute atomic E-state index is 0.136. The Balaban J connectivity index is 1.48. The van der Waals surface area contributed by atoms with Crippen LogP contribution in [0.5, 0.6) is 0 Å². The van der Waals surface area contributed by atoms with Gasteiger partial charge in [-0.25, -0.2) is 0 Å². The summed E-state index contributed by atoms with van der Waals surface area (Å²) >= 11 is 0. The number of carbonyl (C=O) groups excluding carboxylic acids is 1. The molecule has 1 amide bonds. The summed E-state index contributed by atoms with van der Waals surface area (Å²) in [6, 6.07) is 0. The molecule has 5 nitrogen and oxygen atoms in total. The van der Waals surface area contributed by atoms with E-state index >= 15 is 0 Å². The summed E-state index contributed by atoms with van der Waals surface area (Å²) in [5.74, 6) is 0.292. The molecular weight excluding hydrogens is 232 g/mol. The third kappa shape index (κ3) is 4.55. The minimum atomic E-state index is 0.136. The molecule has 2 aliphatic rings. The molecule has 0 spiro atoms. The van der Waals surface area contributed by atoms with Gasteiger partial charge < -0.3 is 20.1 Å². The second-order valence-corrected chi connectivity index (χ2v) is 5.04. The average molecular weight is 256 g/mol. The van der Waals surface area contributed by atoms with Crippen molar-refractivity contribution in [2.45, 2.75) is 31.8 Å². The SMILES string of the molecule is O=C(NCCOC[C@@H]1CCCO1)[C@H]1CCCNC1. The lowest BCUT2D eigenvalue weighted by atomic mass is 9.99. The summed E-state index contributed by atoms with van der Waals surface area (Å²) in [6.45, 7) is 4.53. The number of piperidine rings is 1. The molecule has 0 aliphatic carbocycles. The first-order chi connectivity index (χ1) is 8.86. The number of rotatable bonds is 6. The third-order valence-electron chi connectivity index (χ3n) is 3.54. The van der Waals surface area contributed by atoms with E-state index in [-0.39, 0.29) is 17.9 Å². The molecule has 2 saturated heterocycles. The number of carbonyl (C=O) groups is 1. The maximum Gasteiger partial charge on any atom is 0.224 e. The van der Waals surface area contributed by atoms with Crippen molar-refractivity contribution in [1.29, 1.82) is 0 Å². The first-order valence-corrected chi connectivity index (χ1v) is 7.04. The van der Waals surface area contributed by atoms with E-state index in [9.17, 15) is 4.79 Å². The summed E-state index contributed by atoms with van der Waals surface area (Å²) in [5.41, 5.74) is 0. The van der Waals surface area contributed by atoms with Crippen molar-refractivity contribution in [2.75, 3.05) is 39.5 Å². The van der Waals surface area contributed by atoms with Crippen molar-refractivity contribution in [3.63, 3.8) is 0 Å². The number of nitrogens with one attached hydrogen (secondary N) is 2. The lowest BCUT2D eigenvalue weighted by molar-refractivity contribution is -0.125. The Labute approximate surface area is 109 Å². The monoisotopic (exact) mass is 256 g/mol. The molecule has 18 heavy (non-hydrogen) atoms. The highest BCUT2D eigenvalue weighted by atomic mass is 16.5. The molecule has 0 unspecified atom stereocenters. The fraction of sp³-hybridized carbons (Fsp3) is 0.923. The Morgan fingerprint density at radius 1 is 1.39 bits per heavy atom. The van der Waals surface area contributed by atoms with Gasteiger partial charge >= 0.3 is 0 Å². The highest BCUT2D eigenvalue weighted by Crippen LogP contribution is 2.12. The van der Waals surface area contributed by atoms with Crippen molar-refractivity contribution >= 4 is 5.91 Å². The zero-order chi connectivity index (χ0) is 12.6. The van der Waals surface area contributed by atoms with Gasteiger partial charge in [-0.2, -0.15) is 0 Å². The van der Waals surface area contributed by atoms with Crippen molar-refractivity contribution < 1.29 is 14.3 Å². The maximum atomic E-state index is 11.8. The van der Waals surface area contributed by atoms with E-state index in [1.54, 1.807) is 0 Å². The normalized spacial score (nSPS) is 28.2. The van der Waals surface area contributed by atoms with Gasteiger partial charge in [-0.05, 0) is 32.2 Å². The predicted octanol–water partition coefficient (Wildman–Crippen LogP) is 0.298. The molecule has 0 saturated carbocycles. The smallest absolute Gasteiger partial charge is 0.224 e. The Morgan fingerprint density at radius 2 is 2.33 bits per heavy atom. The molecule has 2 aliphatic heterocycles. The number of ether oxygens (including phenoxy) is 2. The van der Waals surface area contributed by atoms with Crippen LogP contribution in [0, 0.1) is 5.92 Å². The Kier molecular flexibility index (Phi) is 5.90. The summed E-state index contributed by atoms with van der Waals surface area (Å²) in [4.78, 5) is 11.8. The van der Waals surface area contributed by atoms with Crippen molar-refractivity contribution in [3.05, 3.63) is 0 Å². The zero-order valence-corrected chi connectivity index (χ0v) is 11.0. The molecule has 2 atom stereocenters. The van der Waals surface area contributed by atoms with Gasteiger partial charge in [0.05, 0.1) is 25.2 Å². The van der Waals surface area contributed by atoms with E-state index in [4.69, 9.17) is 9.47 Å². The molecule has 104 valence electrons. The van der Waals surface area contributed by atoms with Crippen LogP contribution in [0.4, 0.5) is 0 Å². The molecule has 0 aromatic carbocycles. The molecule has 0 aromatic rings. The van der Waals surface area contributed by atoms with E-state index < -0.39 is 0 Å². The highest BCUT2D eigenvalue weighted by Gasteiger charge is 2.20. The van der Waals surface area contributed by atoms with Crippen LogP contribution in [-0.2, 0) is 14.3 Å². The van der Waals surface area contributed by atoms with Gasteiger partial charge in [-0.15, -0.1) is 0 Å². The van der Waals surface area contributed by atoms with Gasteiger partial charge in [0.15, 0.2) is 0 Å². The number of hydrogen-bond acceptors (Lipinski definition) is 4. The van der Waals surface area contributed by atoms with Crippen LogP contribution in [0.15, 0.2) is 0 Å². The van der Waals surface area contributed by atoms with E-state index in [1.165, 1.54) is 0 Å². The Bertz CT molecular complexity index is 249. The molecule has 0 radical (unpaired) electrons. The summed E-state index contributed by atoms with van der Waals surface area (Å²) in [6.07, 6.45) is 4.59. The van der Waals surface area contributed by atoms with Crippen molar-refractivity contribution in [1.82, 2.24) is 10.6 Å². The molecule has 2 rings (SSSR count). The van der Waals surface area contributed by atoms with Crippen molar-refractivity contribution in [3.8, 4) is 0 Å². The van der Waals surface area contributed by atoms with Gasteiger partial charge in [0.2, 0.25) is 5.91 Å². The lowest BCUT2D eigenvalue weighted by Gasteiger charge is -2.21. The lowest BCUT2D eigenvalue weighted by Crippen LogP contribution is -2.41. The van der Waals surface area contributed by atoms with Crippen LogP contribution in [0.3, 0.4) is 0 Å². The van der Waals surface area contributed by atoms with Crippen molar-refractivity contribution in [2.24, 2.45) is 5.92 Å². The summed E-state index contributed by atoms with van der Waals surface area (Å²) in [5, 5.41) is 6.18. The van der Waals surface area contributed by atoms with Crippen LogP contribution in [0.25, 0.3) is 0 Å². The second-order valence-electron chi connectivity index (χ2n) is 5.04. The molecular formula is C13H24N2O3. The molecule has 0 bridgehead atoms. The van der Waals surface area contributed by atoms with Crippen LogP contribution in [0.1, 0.15) is 25.7 Å². The molecule has 2 fully saturated rings. The van der Waals surface area contributed by atoms with E-state index in [1.807, 2.05) is 0 Å². The molecule has 0 aromatic heterocycles. The fourth-order valence-corrected chi connectivity index (χ4v) is 2.46. The molecule has 2 N–H and O–H groups in total. The first kappa shape index (κ1) is 13.8. The van der Waals surface area contributed by atoms with Gasteiger partial charge in [0.25, 0.3) is 0 Å². The average Bonchev–Trinajstić information content (AvgIpc) is 2.92. The van der Waals surface area contributed by atoms with Gasteiger partial charge in [0.1, 0.15) is 0 Å². The van der Waals surface area contributed by atoms with Gasteiger partial charge in [-0.1, -0.05) is 0 Å². The molecule has 2 heterocycles. The number of amides is 1. The Morgan fingerprint density at radius 3 is 3.06 bits per heavy atom. The minimum Gasteiger partial charge on any atom is -0.377 e. The van der Waals surface area contributed by atoms with E-state index in [2.05, 4.69) is 10.6 Å². The van der Waals surface area contributed by atoms with E-state index in [0.717, 1.165) is 45.4 Å². The standard InChI is InChI=1S/C13H24N2O3/c16-13(11-3-1-5-14-9-11)15-6-8-17-10-12-4-2-7-18-12/h11-12,14H,1-10H2,(H,15,16)/t11-,12-/m0/s1.